The molecule has 0 aromatic heterocycles. The molecule has 0 N–H and O–H groups in total. The van der Waals surface area contributed by atoms with Crippen molar-refractivity contribution in [1.29, 1.82) is 0 Å². The van der Waals surface area contributed by atoms with E-state index in [1.807, 2.05) is 0 Å². The number of allylic oxidation sites excluding steroid dienone is 1. The van der Waals surface area contributed by atoms with Crippen molar-refractivity contribution in [2.24, 2.45) is 0 Å². The first-order valence-corrected chi connectivity index (χ1v) is 18.1. The molecule has 0 rings (SSSR count). The van der Waals surface area contributed by atoms with Crippen LogP contribution in [-0.4, -0.2) is 24.6 Å². The van der Waals surface area contributed by atoms with Crippen molar-refractivity contribution >= 4 is 7.26 Å². The molecule has 0 heterocycles. The number of rotatable bonds is 26. The van der Waals surface area contributed by atoms with Gasteiger partial charge in [0.25, 0.3) is 0 Å². The third kappa shape index (κ3) is 20.8. The fraction of sp³-hybridized carbons (Fsp3) is 0.935. The van der Waals surface area contributed by atoms with Crippen molar-refractivity contribution in [3.8, 4) is 0 Å². The summed E-state index contributed by atoms with van der Waals surface area (Å²) < 4.78 is 0. The van der Waals surface area contributed by atoms with Crippen LogP contribution in [0.4, 0.5) is 0 Å². The van der Waals surface area contributed by atoms with Gasteiger partial charge in [-0.1, -0.05) is 45.4 Å². The van der Waals surface area contributed by atoms with Gasteiger partial charge in [0.1, 0.15) is 0 Å². The Bertz CT molecular complexity index is 378. The maximum atomic E-state index is 4.32. The van der Waals surface area contributed by atoms with Gasteiger partial charge in [0, 0.05) is 0 Å². The number of hydrogen-bond donors (Lipinski definition) is 0. The van der Waals surface area contributed by atoms with Crippen LogP contribution in [0.2, 0.25) is 0 Å². The summed E-state index contributed by atoms with van der Waals surface area (Å²) in [6.07, 6.45) is 36.9. The van der Waals surface area contributed by atoms with Crippen LogP contribution in [0.1, 0.15) is 163 Å². The minimum atomic E-state index is -1.11. The monoisotopic (exact) mass is 468 g/mol. The van der Waals surface area contributed by atoms with Crippen LogP contribution in [0, 0.1) is 0 Å². The van der Waals surface area contributed by atoms with Gasteiger partial charge in [-0.25, -0.2) is 0 Å². The van der Waals surface area contributed by atoms with E-state index in [-0.39, 0.29) is 0 Å². The first-order valence-electron chi connectivity index (χ1n) is 15.2. The van der Waals surface area contributed by atoms with Gasteiger partial charge in [-0.05, 0) is 0 Å². The minimum absolute atomic E-state index is 1.11. The maximum absolute atomic E-state index is 4.32. The zero-order chi connectivity index (χ0) is 23.8. The predicted octanol–water partition coefficient (Wildman–Crippen LogP) is 11.6. The molecule has 0 amide bonds. The Morgan fingerprint density at radius 3 is 1.03 bits per heavy atom. The minimum Gasteiger partial charge on any atom is -0.0654 e. The van der Waals surface area contributed by atoms with Crippen molar-refractivity contribution < 1.29 is 0 Å². The van der Waals surface area contributed by atoms with E-state index in [4.69, 9.17) is 0 Å². The molecule has 32 heavy (non-hydrogen) atoms. The summed E-state index contributed by atoms with van der Waals surface area (Å²) in [5.41, 5.74) is 1.47. The molecular weight excluding hydrogens is 403 g/mol. The summed E-state index contributed by atoms with van der Waals surface area (Å²) in [5.74, 6) is 0. The van der Waals surface area contributed by atoms with E-state index in [1.165, 1.54) is 147 Å². The van der Waals surface area contributed by atoms with E-state index < -0.39 is 7.26 Å². The van der Waals surface area contributed by atoms with Crippen LogP contribution in [0.15, 0.2) is 12.2 Å². The first-order chi connectivity index (χ1) is 15.6. The van der Waals surface area contributed by atoms with Crippen molar-refractivity contribution in [2.75, 3.05) is 24.6 Å². The Morgan fingerprint density at radius 2 is 0.719 bits per heavy atom. The van der Waals surface area contributed by atoms with Crippen LogP contribution in [0.3, 0.4) is 0 Å². The molecule has 0 radical (unpaired) electrons. The second kappa shape index (κ2) is 24.3. The Balaban J connectivity index is 3.70. The van der Waals surface area contributed by atoms with E-state index in [2.05, 4.69) is 34.3 Å². The smallest absolute Gasteiger partial charge is 0.0654 e. The van der Waals surface area contributed by atoms with Crippen molar-refractivity contribution in [2.45, 2.75) is 163 Å². The molecule has 194 valence electrons. The quantitative estimate of drug-likeness (QED) is 0.0672. The van der Waals surface area contributed by atoms with Gasteiger partial charge in [0.2, 0.25) is 0 Å². The van der Waals surface area contributed by atoms with Gasteiger partial charge >= 0.3 is 161 Å². The second-order valence-electron chi connectivity index (χ2n) is 11.2. The molecular formula is C31H65P. The van der Waals surface area contributed by atoms with Gasteiger partial charge in [-0.15, -0.1) is 0 Å². The molecule has 0 spiro atoms. The summed E-state index contributed by atoms with van der Waals surface area (Å²) in [6, 6.07) is 0. The number of hydrogen-bond acceptors (Lipinski definition) is 0. The fourth-order valence-corrected chi connectivity index (χ4v) is 11.4. The second-order valence-corrected chi connectivity index (χ2v) is 16.1. The predicted molar refractivity (Wildman–Crippen MR) is 157 cm³/mol. The Hall–Kier alpha value is 0.170. The third-order valence-electron chi connectivity index (χ3n) is 7.61. The molecule has 0 saturated carbocycles. The average Bonchev–Trinajstić information content (AvgIpc) is 2.78. The molecule has 0 aromatic carbocycles. The molecule has 0 bridgehead atoms. The van der Waals surface area contributed by atoms with E-state index in [0.29, 0.717) is 0 Å². The molecule has 0 atom stereocenters. The Kier molecular flexibility index (Phi) is 24.4. The summed E-state index contributed by atoms with van der Waals surface area (Å²) in [4.78, 5) is 0. The van der Waals surface area contributed by atoms with Crippen molar-refractivity contribution in [3.05, 3.63) is 12.2 Å². The first kappa shape index (κ1) is 32.2. The van der Waals surface area contributed by atoms with Gasteiger partial charge in [-0.3, -0.25) is 0 Å². The summed E-state index contributed by atoms with van der Waals surface area (Å²) in [5, 5.41) is 0. The molecule has 0 nitrogen and oxygen atoms in total. The van der Waals surface area contributed by atoms with Crippen LogP contribution >= 0.6 is 7.26 Å². The Labute approximate surface area is 206 Å². The van der Waals surface area contributed by atoms with Crippen LogP contribution in [0.5, 0.6) is 0 Å². The van der Waals surface area contributed by atoms with Crippen molar-refractivity contribution in [3.63, 3.8) is 0 Å². The molecule has 0 fully saturated rings. The topological polar surface area (TPSA) is 0 Å². The standard InChI is InChI=1S/C31H65P/c1-6-9-12-13-14-15-16-17-18-19-20-21-22-23-24-25-26-29-32(27-10-7-2,28-11-8-3)30-31(4)5/h32H,4,6-30H2,1-3,5H3. The van der Waals surface area contributed by atoms with Crippen LogP contribution in [-0.2, 0) is 0 Å². The summed E-state index contributed by atoms with van der Waals surface area (Å²) in [7, 11) is -1.11. The van der Waals surface area contributed by atoms with E-state index in [1.54, 1.807) is 18.5 Å². The molecule has 0 aliphatic carbocycles. The summed E-state index contributed by atoms with van der Waals surface area (Å²) >= 11 is 0. The molecule has 0 unspecified atom stereocenters. The van der Waals surface area contributed by atoms with Gasteiger partial charge in [-0.2, -0.15) is 0 Å². The van der Waals surface area contributed by atoms with Gasteiger partial charge in [0.15, 0.2) is 0 Å². The molecule has 0 saturated heterocycles. The van der Waals surface area contributed by atoms with Gasteiger partial charge in [0.05, 0.1) is 0 Å². The zero-order valence-corrected chi connectivity index (χ0v) is 24.4. The Morgan fingerprint density at radius 1 is 0.438 bits per heavy atom. The number of unbranched alkanes of at least 4 members (excludes halogenated alkanes) is 18. The molecule has 0 aliphatic heterocycles. The molecule has 0 aromatic rings. The normalized spacial score (nSPS) is 12.4. The third-order valence-corrected chi connectivity index (χ3v) is 13.2. The molecule has 1 heteroatoms. The molecule has 0 aliphatic rings. The van der Waals surface area contributed by atoms with E-state index >= 15 is 0 Å². The fourth-order valence-electron chi connectivity index (χ4n) is 5.61. The van der Waals surface area contributed by atoms with E-state index in [0.717, 1.165) is 0 Å². The van der Waals surface area contributed by atoms with Crippen molar-refractivity contribution in [1.82, 2.24) is 0 Å². The summed E-state index contributed by atoms with van der Waals surface area (Å²) in [6.45, 7) is 13.7. The van der Waals surface area contributed by atoms with Gasteiger partial charge < -0.3 is 0 Å². The average molecular weight is 469 g/mol. The van der Waals surface area contributed by atoms with Crippen LogP contribution in [0.25, 0.3) is 0 Å². The van der Waals surface area contributed by atoms with Crippen LogP contribution < -0.4 is 0 Å². The van der Waals surface area contributed by atoms with E-state index in [9.17, 15) is 0 Å². The zero-order valence-electron chi connectivity index (χ0n) is 23.4. The SMILES string of the molecule is C=C(C)C[PH](CCCC)(CCCC)CCCCCCCCCCCCCCCCCCC.